The van der Waals surface area contributed by atoms with E-state index in [1.165, 1.54) is 0 Å². The first-order chi connectivity index (χ1) is 14.0. The molecule has 1 N–H and O–H groups in total. The number of quaternary nitrogens is 1. The Balaban J connectivity index is 4.63. The van der Waals surface area contributed by atoms with Crippen molar-refractivity contribution in [1.29, 1.82) is 0 Å². The lowest BCUT2D eigenvalue weighted by atomic mass is 10.2. The van der Waals surface area contributed by atoms with E-state index in [1.807, 2.05) is 35.0 Å². The van der Waals surface area contributed by atoms with E-state index in [2.05, 4.69) is 0 Å². The monoisotopic (exact) mass is 470 g/mol. The van der Waals surface area contributed by atoms with Crippen molar-refractivity contribution in [3.63, 3.8) is 0 Å². The average Bonchev–Trinajstić information content (AvgIpc) is 2.63. The first kappa shape index (κ1) is 29.4. The van der Waals surface area contributed by atoms with Gasteiger partial charge >= 0.3 is 18.7 Å². The Labute approximate surface area is 185 Å². The molecule has 8 nitrogen and oxygen atoms in total. The van der Waals surface area contributed by atoms with Crippen LogP contribution in [0.3, 0.4) is 0 Å². The van der Waals surface area contributed by atoms with Gasteiger partial charge in [0.25, 0.3) is 0 Å². The SMILES string of the molecule is CCCCCC(=O)OC[C@H](CSP(=O)(O)OCC[N+](C)(C)C)OC(=O)CCCCC. The lowest BCUT2D eigenvalue weighted by molar-refractivity contribution is -0.870. The van der Waals surface area contributed by atoms with E-state index in [0.29, 0.717) is 28.8 Å². The largest absolute Gasteiger partial charge is 0.462 e. The van der Waals surface area contributed by atoms with Crippen molar-refractivity contribution >= 4 is 30.1 Å². The maximum Gasteiger partial charge on any atom is 0.386 e. The van der Waals surface area contributed by atoms with Crippen LogP contribution in [0.4, 0.5) is 0 Å². The first-order valence-corrected chi connectivity index (χ1v) is 13.9. The van der Waals surface area contributed by atoms with Gasteiger partial charge in [0.05, 0.1) is 21.1 Å². The van der Waals surface area contributed by atoms with Crippen LogP contribution in [0.5, 0.6) is 0 Å². The quantitative estimate of drug-likeness (QED) is 0.138. The molecule has 178 valence electrons. The molecule has 0 amide bonds. The molecule has 0 radical (unpaired) electrons. The normalized spacial score (nSPS) is 14.7. The molecule has 0 aliphatic carbocycles. The zero-order valence-electron chi connectivity index (χ0n) is 19.3. The zero-order chi connectivity index (χ0) is 23.0. The summed E-state index contributed by atoms with van der Waals surface area (Å²) in [5.74, 6) is -0.735. The van der Waals surface area contributed by atoms with Crippen LogP contribution in [-0.2, 0) is 28.2 Å². The highest BCUT2D eigenvalue weighted by atomic mass is 32.7. The molecule has 0 aliphatic rings. The second kappa shape index (κ2) is 16.1. The molecule has 0 aliphatic heterocycles. The van der Waals surface area contributed by atoms with E-state index in [1.54, 1.807) is 0 Å². The number of esters is 2. The van der Waals surface area contributed by atoms with E-state index in [-0.39, 0.29) is 31.4 Å². The highest BCUT2D eigenvalue weighted by molar-refractivity contribution is 8.54. The average molecular weight is 471 g/mol. The van der Waals surface area contributed by atoms with Crippen LogP contribution in [0.25, 0.3) is 0 Å². The molecular formula is C20H41NO7PS+. The van der Waals surface area contributed by atoms with Crippen LogP contribution in [0.2, 0.25) is 0 Å². The highest BCUT2D eigenvalue weighted by Gasteiger charge is 2.26. The fourth-order valence-corrected chi connectivity index (χ4v) is 4.72. The third-order valence-electron chi connectivity index (χ3n) is 4.14. The number of likely N-dealkylation sites (N-methyl/N-ethyl adjacent to an activating group) is 1. The number of carbonyl (C=O) groups excluding carboxylic acids is 2. The second-order valence-electron chi connectivity index (χ2n) is 8.32. The number of ether oxygens (including phenoxy) is 2. The molecule has 0 spiro atoms. The molecule has 0 saturated carbocycles. The molecule has 2 atom stereocenters. The fraction of sp³-hybridized carbons (Fsp3) is 0.900. The molecular weight excluding hydrogens is 429 g/mol. The van der Waals surface area contributed by atoms with Gasteiger partial charge in [-0.3, -0.25) is 14.1 Å². The summed E-state index contributed by atoms with van der Waals surface area (Å²) in [6, 6.07) is 0. The molecule has 0 aromatic heterocycles. The Hall–Kier alpha value is -0.600. The van der Waals surface area contributed by atoms with Crippen LogP contribution in [0, 0.1) is 0 Å². The van der Waals surface area contributed by atoms with Gasteiger partial charge in [-0.2, -0.15) is 0 Å². The minimum Gasteiger partial charge on any atom is -0.462 e. The maximum atomic E-state index is 12.3. The van der Waals surface area contributed by atoms with E-state index in [9.17, 15) is 19.0 Å². The standard InChI is InChI=1S/C20H40NO7PS/c1-6-8-10-12-19(22)26-16-18(28-20(23)13-11-9-7-2)17-30-29(24,25)27-15-14-21(3,4)5/h18H,6-17H2,1-5H3/p+1/t18-/m1/s1. The molecule has 0 bridgehead atoms. The Kier molecular flexibility index (Phi) is 15.8. The lowest BCUT2D eigenvalue weighted by Gasteiger charge is -2.24. The summed E-state index contributed by atoms with van der Waals surface area (Å²) >= 11 is 0.694. The van der Waals surface area contributed by atoms with Crippen molar-refractivity contribution in [2.24, 2.45) is 0 Å². The van der Waals surface area contributed by atoms with Gasteiger partial charge in [-0.25, -0.2) is 4.57 Å². The molecule has 10 heteroatoms. The summed E-state index contributed by atoms with van der Waals surface area (Å²) < 4.78 is 28.6. The van der Waals surface area contributed by atoms with Crippen molar-refractivity contribution in [3.05, 3.63) is 0 Å². The number of carbonyl (C=O) groups is 2. The van der Waals surface area contributed by atoms with Crippen LogP contribution >= 0.6 is 18.2 Å². The predicted molar refractivity (Wildman–Crippen MR) is 120 cm³/mol. The molecule has 0 aromatic rings. The van der Waals surface area contributed by atoms with E-state index < -0.39 is 18.9 Å². The number of nitrogens with zero attached hydrogens (tertiary/aromatic N) is 1. The van der Waals surface area contributed by atoms with Crippen molar-refractivity contribution in [3.8, 4) is 0 Å². The van der Waals surface area contributed by atoms with Gasteiger partial charge in [0.1, 0.15) is 25.9 Å². The van der Waals surface area contributed by atoms with Crippen molar-refractivity contribution in [1.82, 2.24) is 0 Å². The second-order valence-corrected chi connectivity index (χ2v) is 12.3. The Morgan fingerprint density at radius 3 is 2.10 bits per heavy atom. The summed E-state index contributed by atoms with van der Waals surface area (Å²) in [5.41, 5.74) is 0. The number of hydrogen-bond acceptors (Lipinski definition) is 7. The summed E-state index contributed by atoms with van der Waals surface area (Å²) in [4.78, 5) is 33.9. The van der Waals surface area contributed by atoms with Gasteiger partial charge in [-0.05, 0) is 24.2 Å². The van der Waals surface area contributed by atoms with E-state index in [4.69, 9.17) is 14.0 Å². The molecule has 0 fully saturated rings. The minimum atomic E-state index is -3.90. The lowest BCUT2D eigenvalue weighted by Crippen LogP contribution is -2.37. The van der Waals surface area contributed by atoms with Crippen molar-refractivity contribution in [2.45, 2.75) is 71.3 Å². The van der Waals surface area contributed by atoms with Gasteiger partial charge in [0.2, 0.25) is 0 Å². The Morgan fingerprint density at radius 1 is 1.00 bits per heavy atom. The van der Waals surface area contributed by atoms with E-state index in [0.717, 1.165) is 38.5 Å². The van der Waals surface area contributed by atoms with Crippen LogP contribution in [0.15, 0.2) is 0 Å². The van der Waals surface area contributed by atoms with Crippen molar-refractivity contribution < 1.29 is 37.5 Å². The summed E-state index contributed by atoms with van der Waals surface area (Å²) in [6.45, 7) is 0.782. The van der Waals surface area contributed by atoms with Gasteiger partial charge < -0.3 is 18.9 Å². The third kappa shape index (κ3) is 18.2. The first-order valence-electron chi connectivity index (χ1n) is 10.8. The third-order valence-corrected chi connectivity index (χ3v) is 7.24. The molecule has 0 heterocycles. The smallest absolute Gasteiger partial charge is 0.386 e. The van der Waals surface area contributed by atoms with E-state index >= 15 is 0 Å². The van der Waals surface area contributed by atoms with Gasteiger partial charge in [0, 0.05) is 18.6 Å². The van der Waals surface area contributed by atoms with Crippen molar-refractivity contribution in [2.75, 3.05) is 46.7 Å². The minimum absolute atomic E-state index is 0.0138. The topological polar surface area (TPSA) is 99.1 Å². The molecule has 1 unspecified atom stereocenters. The van der Waals surface area contributed by atoms with Gasteiger partial charge in [-0.1, -0.05) is 39.5 Å². The van der Waals surface area contributed by atoms with Gasteiger partial charge in [0.15, 0.2) is 0 Å². The molecule has 30 heavy (non-hydrogen) atoms. The Bertz CT molecular complexity index is 540. The van der Waals surface area contributed by atoms with Crippen LogP contribution in [-0.4, -0.2) is 74.1 Å². The zero-order valence-corrected chi connectivity index (χ0v) is 21.0. The maximum absolute atomic E-state index is 12.3. The summed E-state index contributed by atoms with van der Waals surface area (Å²) in [6.07, 6.45) is 5.12. The number of rotatable bonds is 18. The highest BCUT2D eigenvalue weighted by Crippen LogP contribution is 2.55. The molecule has 0 rings (SSSR count). The number of unbranched alkanes of at least 4 members (excludes halogenated alkanes) is 4. The van der Waals surface area contributed by atoms with Crippen LogP contribution in [0.1, 0.15) is 65.2 Å². The fourth-order valence-electron chi connectivity index (χ4n) is 2.30. The molecule has 0 saturated heterocycles. The van der Waals surface area contributed by atoms with Gasteiger partial charge in [-0.15, -0.1) is 0 Å². The predicted octanol–water partition coefficient (Wildman–Crippen LogP) is 4.16. The Morgan fingerprint density at radius 2 is 1.57 bits per heavy atom. The summed E-state index contributed by atoms with van der Waals surface area (Å²) in [7, 11) is 5.88. The molecule has 0 aromatic carbocycles. The van der Waals surface area contributed by atoms with Crippen LogP contribution < -0.4 is 0 Å². The number of hydrogen-bond donors (Lipinski definition) is 1. The summed E-state index contributed by atoms with van der Waals surface area (Å²) in [5, 5.41) is 0.